The Bertz CT molecular complexity index is 912. The van der Waals surface area contributed by atoms with Crippen molar-refractivity contribution < 1.29 is 23.9 Å². The zero-order valence-electron chi connectivity index (χ0n) is 15.1. The predicted octanol–water partition coefficient (Wildman–Crippen LogP) is 3.51. The van der Waals surface area contributed by atoms with Crippen molar-refractivity contribution in [1.82, 2.24) is 5.32 Å². The summed E-state index contributed by atoms with van der Waals surface area (Å²) in [6, 6.07) is 7.09. The molecule has 0 aliphatic heterocycles. The van der Waals surface area contributed by atoms with Gasteiger partial charge in [0.25, 0.3) is 11.6 Å². The van der Waals surface area contributed by atoms with Crippen LogP contribution in [0, 0.1) is 10.1 Å². The number of ether oxygens (including phenoxy) is 3. The van der Waals surface area contributed by atoms with Crippen LogP contribution in [0.2, 0.25) is 0 Å². The minimum Gasteiger partial charge on any atom is -0.493 e. The van der Waals surface area contributed by atoms with Crippen LogP contribution in [0.15, 0.2) is 34.8 Å². The van der Waals surface area contributed by atoms with E-state index in [-0.39, 0.29) is 16.4 Å². The van der Waals surface area contributed by atoms with E-state index in [1.807, 2.05) is 0 Å². The van der Waals surface area contributed by atoms with Gasteiger partial charge in [-0.05, 0) is 46.3 Å². The standard InChI is InChI=1S/C17H16BrN3O6S/c1-25-13-6-9(7-14(26-2)15(13)27-3)16(22)20-17(28)19-12-5-4-10(21(23)24)8-11(12)18/h4-8H,1-3H3,(H2,19,20,22,28). The van der Waals surface area contributed by atoms with E-state index in [9.17, 15) is 14.9 Å². The summed E-state index contributed by atoms with van der Waals surface area (Å²) in [4.78, 5) is 22.8. The average molecular weight is 470 g/mol. The minimum atomic E-state index is -0.515. The van der Waals surface area contributed by atoms with Crippen molar-refractivity contribution in [2.45, 2.75) is 0 Å². The number of carbonyl (C=O) groups is 1. The van der Waals surface area contributed by atoms with Crippen LogP contribution in [0.1, 0.15) is 10.4 Å². The smallest absolute Gasteiger partial charge is 0.270 e. The number of hydrogen-bond acceptors (Lipinski definition) is 7. The van der Waals surface area contributed by atoms with Gasteiger partial charge in [0.1, 0.15) is 0 Å². The Kier molecular flexibility index (Phi) is 7.12. The quantitative estimate of drug-likeness (QED) is 0.375. The number of nitrogens with one attached hydrogen (secondary N) is 2. The number of nitrogens with zero attached hydrogens (tertiary/aromatic N) is 1. The molecule has 0 aromatic heterocycles. The predicted molar refractivity (Wildman–Crippen MR) is 111 cm³/mol. The fraction of sp³-hybridized carbons (Fsp3) is 0.176. The molecule has 2 rings (SSSR count). The highest BCUT2D eigenvalue weighted by atomic mass is 79.9. The van der Waals surface area contributed by atoms with E-state index < -0.39 is 10.8 Å². The van der Waals surface area contributed by atoms with Gasteiger partial charge in [0.2, 0.25) is 5.75 Å². The molecular weight excluding hydrogens is 454 g/mol. The third-order valence-corrected chi connectivity index (χ3v) is 4.43. The van der Waals surface area contributed by atoms with Crippen LogP contribution in [0.4, 0.5) is 11.4 Å². The van der Waals surface area contributed by atoms with Gasteiger partial charge in [-0.15, -0.1) is 0 Å². The fourth-order valence-corrected chi connectivity index (χ4v) is 2.93. The molecule has 1 amide bonds. The lowest BCUT2D eigenvalue weighted by Crippen LogP contribution is -2.34. The molecule has 2 aromatic carbocycles. The Balaban J connectivity index is 2.16. The maximum atomic E-state index is 12.5. The molecule has 0 aliphatic carbocycles. The third-order valence-electron chi connectivity index (χ3n) is 3.57. The Morgan fingerprint density at radius 2 is 1.71 bits per heavy atom. The summed E-state index contributed by atoms with van der Waals surface area (Å²) < 4.78 is 16.1. The number of halogens is 1. The van der Waals surface area contributed by atoms with Crippen molar-refractivity contribution in [2.24, 2.45) is 0 Å². The van der Waals surface area contributed by atoms with Gasteiger partial charge in [-0.3, -0.25) is 20.2 Å². The second kappa shape index (κ2) is 9.33. The molecule has 9 nitrogen and oxygen atoms in total. The van der Waals surface area contributed by atoms with Gasteiger partial charge in [-0.2, -0.15) is 0 Å². The largest absolute Gasteiger partial charge is 0.493 e. The van der Waals surface area contributed by atoms with E-state index >= 15 is 0 Å². The van der Waals surface area contributed by atoms with Crippen LogP contribution < -0.4 is 24.8 Å². The number of non-ortho nitro benzene ring substituents is 1. The second-order valence-corrected chi connectivity index (χ2v) is 6.51. The molecule has 2 N–H and O–H groups in total. The lowest BCUT2D eigenvalue weighted by Gasteiger charge is -2.15. The van der Waals surface area contributed by atoms with E-state index in [2.05, 4.69) is 26.6 Å². The van der Waals surface area contributed by atoms with Gasteiger partial charge in [0, 0.05) is 22.2 Å². The van der Waals surface area contributed by atoms with Crippen LogP contribution in [-0.2, 0) is 0 Å². The molecule has 0 aliphatic rings. The van der Waals surface area contributed by atoms with E-state index in [1.165, 1.54) is 51.7 Å². The summed E-state index contributed by atoms with van der Waals surface area (Å²) in [5.41, 5.74) is 0.618. The number of nitro benzene ring substituents is 1. The van der Waals surface area contributed by atoms with Crippen molar-refractivity contribution in [1.29, 1.82) is 0 Å². The monoisotopic (exact) mass is 469 g/mol. The van der Waals surface area contributed by atoms with Crippen molar-refractivity contribution in [3.8, 4) is 17.2 Å². The Labute approximate surface area is 174 Å². The lowest BCUT2D eigenvalue weighted by atomic mass is 10.1. The number of methoxy groups -OCH3 is 3. The van der Waals surface area contributed by atoms with Crippen LogP contribution in [-0.4, -0.2) is 37.3 Å². The molecule has 0 saturated carbocycles. The molecule has 0 bridgehead atoms. The summed E-state index contributed by atoms with van der Waals surface area (Å²) >= 11 is 8.36. The molecule has 148 valence electrons. The van der Waals surface area contributed by atoms with E-state index in [0.717, 1.165) is 0 Å². The zero-order chi connectivity index (χ0) is 20.8. The van der Waals surface area contributed by atoms with E-state index in [4.69, 9.17) is 26.4 Å². The first kappa shape index (κ1) is 21.4. The third kappa shape index (κ3) is 4.87. The molecule has 2 aromatic rings. The van der Waals surface area contributed by atoms with Crippen molar-refractivity contribution >= 4 is 50.5 Å². The average Bonchev–Trinajstić information content (AvgIpc) is 2.67. The first-order chi connectivity index (χ1) is 13.3. The van der Waals surface area contributed by atoms with Gasteiger partial charge in [-0.25, -0.2) is 0 Å². The van der Waals surface area contributed by atoms with E-state index in [1.54, 1.807) is 0 Å². The minimum absolute atomic E-state index is 0.00769. The van der Waals surface area contributed by atoms with E-state index in [0.29, 0.717) is 27.4 Å². The first-order valence-electron chi connectivity index (χ1n) is 7.67. The number of amides is 1. The van der Waals surface area contributed by atoms with Gasteiger partial charge in [-0.1, -0.05) is 0 Å². The summed E-state index contributed by atoms with van der Waals surface area (Å²) in [7, 11) is 4.34. The fourth-order valence-electron chi connectivity index (χ4n) is 2.26. The number of hydrogen-bond donors (Lipinski definition) is 2. The van der Waals surface area contributed by atoms with Gasteiger partial charge >= 0.3 is 0 Å². The molecule has 0 fully saturated rings. The number of rotatable bonds is 6. The lowest BCUT2D eigenvalue weighted by molar-refractivity contribution is -0.384. The number of carbonyl (C=O) groups excluding carboxylic acids is 1. The van der Waals surface area contributed by atoms with Gasteiger partial charge in [0.05, 0.1) is 31.9 Å². The molecule has 0 heterocycles. The first-order valence-corrected chi connectivity index (χ1v) is 8.87. The molecule has 28 heavy (non-hydrogen) atoms. The highest BCUT2D eigenvalue weighted by Gasteiger charge is 2.18. The summed E-state index contributed by atoms with van der Waals surface area (Å²) in [5, 5.41) is 16.1. The van der Waals surface area contributed by atoms with Crippen molar-refractivity contribution in [3.63, 3.8) is 0 Å². The SMILES string of the molecule is COc1cc(C(=O)NC(=S)Nc2ccc([N+](=O)[O-])cc2Br)cc(OC)c1OC. The Hall–Kier alpha value is -2.92. The molecule has 0 radical (unpaired) electrons. The highest BCUT2D eigenvalue weighted by molar-refractivity contribution is 9.10. The maximum absolute atomic E-state index is 12.5. The highest BCUT2D eigenvalue weighted by Crippen LogP contribution is 2.38. The normalized spacial score (nSPS) is 10.0. The molecular formula is C17H16BrN3O6S. The van der Waals surface area contributed by atoms with Crippen LogP contribution in [0.25, 0.3) is 0 Å². The van der Waals surface area contributed by atoms with Gasteiger partial charge in [0.15, 0.2) is 16.6 Å². The topological polar surface area (TPSA) is 112 Å². The number of nitro groups is 1. The number of benzene rings is 2. The van der Waals surface area contributed by atoms with Crippen LogP contribution >= 0.6 is 28.1 Å². The summed E-state index contributed by atoms with van der Waals surface area (Å²) in [5.74, 6) is 0.500. The molecule has 11 heteroatoms. The number of anilines is 1. The maximum Gasteiger partial charge on any atom is 0.270 e. The molecule has 0 saturated heterocycles. The zero-order valence-corrected chi connectivity index (χ0v) is 17.5. The summed E-state index contributed by atoms with van der Waals surface area (Å²) in [6.45, 7) is 0. The Morgan fingerprint density at radius 1 is 1.11 bits per heavy atom. The van der Waals surface area contributed by atoms with Crippen LogP contribution in [0.3, 0.4) is 0 Å². The Morgan fingerprint density at radius 3 is 2.18 bits per heavy atom. The van der Waals surface area contributed by atoms with Crippen molar-refractivity contribution in [2.75, 3.05) is 26.6 Å². The van der Waals surface area contributed by atoms with Crippen molar-refractivity contribution in [3.05, 3.63) is 50.5 Å². The molecule has 0 unspecified atom stereocenters. The summed E-state index contributed by atoms with van der Waals surface area (Å²) in [6.07, 6.45) is 0. The van der Waals surface area contributed by atoms with Crippen LogP contribution in [0.5, 0.6) is 17.2 Å². The second-order valence-electron chi connectivity index (χ2n) is 5.24. The van der Waals surface area contributed by atoms with Gasteiger partial charge < -0.3 is 19.5 Å². The molecule has 0 atom stereocenters. The molecule has 0 spiro atoms. The number of thiocarbonyl (C=S) groups is 1.